The Kier molecular flexibility index (Phi) is 6.98. The molecule has 0 heterocycles. The van der Waals surface area contributed by atoms with Crippen molar-refractivity contribution < 1.29 is 25.5 Å². The number of nitrogens with one attached hydrogen (secondary N) is 1. The lowest BCUT2D eigenvalue weighted by atomic mass is 10.0. The second-order valence-corrected chi connectivity index (χ2v) is 3.11. The van der Waals surface area contributed by atoms with Crippen molar-refractivity contribution in [2.45, 2.75) is 31.3 Å². The molecule has 0 spiro atoms. The number of hydrogen-bond acceptors (Lipinski definition) is 6. The van der Waals surface area contributed by atoms with Gasteiger partial charge in [0.1, 0.15) is 18.3 Å². The molecule has 6 N–H and O–H groups in total. The Balaban J connectivity index is 3.95. The van der Waals surface area contributed by atoms with E-state index in [1.807, 2.05) is 6.92 Å². The first-order valence-corrected chi connectivity index (χ1v) is 4.58. The Bertz CT molecular complexity index is 146. The fourth-order valence-electron chi connectivity index (χ4n) is 0.976. The van der Waals surface area contributed by atoms with Gasteiger partial charge in [-0.3, -0.25) is 0 Å². The number of hydrogen-bond donors (Lipinski definition) is 6. The van der Waals surface area contributed by atoms with E-state index in [1.54, 1.807) is 0 Å². The quantitative estimate of drug-likeness (QED) is 0.267. The van der Waals surface area contributed by atoms with E-state index in [4.69, 9.17) is 10.2 Å². The number of aliphatic hydroxyl groups is 5. The highest BCUT2D eigenvalue weighted by Gasteiger charge is 2.29. The monoisotopic (exact) mass is 209 g/mol. The van der Waals surface area contributed by atoms with Gasteiger partial charge in [0.15, 0.2) is 0 Å². The van der Waals surface area contributed by atoms with Gasteiger partial charge in [-0.25, -0.2) is 0 Å². The van der Waals surface area contributed by atoms with E-state index in [1.165, 1.54) is 0 Å². The van der Waals surface area contributed by atoms with Gasteiger partial charge in [-0.1, -0.05) is 6.92 Å². The van der Waals surface area contributed by atoms with E-state index >= 15 is 0 Å². The summed E-state index contributed by atoms with van der Waals surface area (Å²) < 4.78 is 0. The van der Waals surface area contributed by atoms with Crippen molar-refractivity contribution in [3.63, 3.8) is 0 Å². The predicted molar refractivity (Wildman–Crippen MR) is 49.7 cm³/mol. The molecule has 6 nitrogen and oxygen atoms in total. The van der Waals surface area contributed by atoms with Crippen LogP contribution < -0.4 is 5.32 Å². The van der Waals surface area contributed by atoms with Crippen LogP contribution in [0, 0.1) is 0 Å². The first-order chi connectivity index (χ1) is 6.54. The lowest BCUT2D eigenvalue weighted by Crippen LogP contribution is -2.49. The summed E-state index contributed by atoms with van der Waals surface area (Å²) in [7, 11) is 0. The van der Waals surface area contributed by atoms with E-state index < -0.39 is 31.0 Å². The molecule has 0 amide bonds. The fraction of sp³-hybridized carbons (Fsp3) is 1.00. The van der Waals surface area contributed by atoms with Crippen molar-refractivity contribution in [2.75, 3.05) is 19.7 Å². The van der Waals surface area contributed by atoms with Crippen molar-refractivity contribution >= 4 is 0 Å². The van der Waals surface area contributed by atoms with Crippen LogP contribution in [0.1, 0.15) is 6.92 Å². The Hall–Kier alpha value is -0.240. The van der Waals surface area contributed by atoms with E-state index in [0.29, 0.717) is 6.54 Å². The summed E-state index contributed by atoms with van der Waals surface area (Å²) in [4.78, 5) is 0. The number of aliphatic hydroxyl groups excluding tert-OH is 5. The van der Waals surface area contributed by atoms with Crippen molar-refractivity contribution in [1.29, 1.82) is 0 Å². The highest BCUT2D eigenvalue weighted by Crippen LogP contribution is 2.04. The Labute approximate surface area is 82.8 Å². The average molecular weight is 209 g/mol. The summed E-state index contributed by atoms with van der Waals surface area (Å²) in [5.41, 5.74) is 0. The summed E-state index contributed by atoms with van der Waals surface area (Å²) in [6, 6.07) is 0. The van der Waals surface area contributed by atoms with E-state index in [0.717, 1.165) is 0 Å². The maximum Gasteiger partial charge on any atom is 0.111 e. The molecule has 0 saturated carbocycles. The van der Waals surface area contributed by atoms with Crippen LogP contribution in [0.25, 0.3) is 0 Å². The number of rotatable bonds is 7. The van der Waals surface area contributed by atoms with Crippen molar-refractivity contribution in [1.82, 2.24) is 5.32 Å². The summed E-state index contributed by atoms with van der Waals surface area (Å²) in [5.74, 6) is 0. The van der Waals surface area contributed by atoms with E-state index in [2.05, 4.69) is 5.32 Å². The maximum absolute atomic E-state index is 9.30. The van der Waals surface area contributed by atoms with Gasteiger partial charge in [-0.2, -0.15) is 0 Å². The second-order valence-electron chi connectivity index (χ2n) is 3.11. The molecule has 0 fully saturated rings. The van der Waals surface area contributed by atoms with Gasteiger partial charge < -0.3 is 30.8 Å². The lowest BCUT2D eigenvalue weighted by Gasteiger charge is -2.25. The van der Waals surface area contributed by atoms with Gasteiger partial charge in [0.25, 0.3) is 0 Å². The minimum absolute atomic E-state index is 0.118. The van der Waals surface area contributed by atoms with E-state index in [9.17, 15) is 15.3 Å². The van der Waals surface area contributed by atoms with Gasteiger partial charge in [0, 0.05) is 6.54 Å². The van der Waals surface area contributed by atoms with Crippen molar-refractivity contribution in [2.24, 2.45) is 0 Å². The minimum atomic E-state index is -1.55. The molecule has 0 aromatic heterocycles. The first-order valence-electron chi connectivity index (χ1n) is 4.58. The Morgan fingerprint density at radius 3 is 1.93 bits per heavy atom. The van der Waals surface area contributed by atoms with Gasteiger partial charge in [-0.05, 0) is 6.54 Å². The third-order valence-corrected chi connectivity index (χ3v) is 1.93. The summed E-state index contributed by atoms with van der Waals surface area (Å²) in [6.07, 6.45) is -5.64. The fourth-order valence-corrected chi connectivity index (χ4v) is 0.976. The maximum atomic E-state index is 9.30. The lowest BCUT2D eigenvalue weighted by molar-refractivity contribution is -0.113. The first kappa shape index (κ1) is 13.8. The van der Waals surface area contributed by atoms with Crippen LogP contribution in [-0.4, -0.2) is 69.6 Å². The summed E-state index contributed by atoms with van der Waals surface area (Å²) in [5, 5.41) is 48.1. The van der Waals surface area contributed by atoms with Crippen LogP contribution in [0.5, 0.6) is 0 Å². The van der Waals surface area contributed by atoms with Crippen LogP contribution in [0.2, 0.25) is 0 Å². The van der Waals surface area contributed by atoms with Gasteiger partial charge in [0.05, 0.1) is 12.7 Å². The highest BCUT2D eigenvalue weighted by molar-refractivity contribution is 4.81. The molecule has 0 aliphatic heterocycles. The molecule has 0 aliphatic carbocycles. The molecule has 0 aliphatic rings. The third kappa shape index (κ3) is 4.32. The van der Waals surface area contributed by atoms with Crippen LogP contribution in [0.4, 0.5) is 0 Å². The zero-order chi connectivity index (χ0) is 11.1. The molecule has 14 heavy (non-hydrogen) atoms. The largest absolute Gasteiger partial charge is 0.394 e. The van der Waals surface area contributed by atoms with Crippen LogP contribution in [-0.2, 0) is 0 Å². The molecule has 86 valence electrons. The zero-order valence-corrected chi connectivity index (χ0v) is 8.17. The smallest absolute Gasteiger partial charge is 0.111 e. The zero-order valence-electron chi connectivity index (χ0n) is 8.17. The molecule has 0 aromatic rings. The molecule has 0 unspecified atom stereocenters. The summed E-state index contributed by atoms with van der Waals surface area (Å²) >= 11 is 0. The molecular formula is C8H19NO5. The molecule has 0 radical (unpaired) electrons. The second kappa shape index (κ2) is 7.10. The standard InChI is InChI=1S/C8H19NO5/c1-2-9-3-5(11)7(13)8(14)6(12)4-10/h5-14H,2-4H2,1H3/t5-,6+,7+,8-/m0/s1. The van der Waals surface area contributed by atoms with Crippen molar-refractivity contribution in [3.05, 3.63) is 0 Å². The summed E-state index contributed by atoms with van der Waals surface area (Å²) in [6.45, 7) is 1.92. The topological polar surface area (TPSA) is 113 Å². The van der Waals surface area contributed by atoms with Gasteiger partial charge >= 0.3 is 0 Å². The Morgan fingerprint density at radius 1 is 1.00 bits per heavy atom. The van der Waals surface area contributed by atoms with Crippen LogP contribution in [0.3, 0.4) is 0 Å². The van der Waals surface area contributed by atoms with Gasteiger partial charge in [0.2, 0.25) is 0 Å². The molecule has 0 saturated heterocycles. The molecule has 6 heteroatoms. The molecular weight excluding hydrogens is 190 g/mol. The van der Waals surface area contributed by atoms with E-state index in [-0.39, 0.29) is 6.54 Å². The molecule has 4 atom stereocenters. The predicted octanol–water partition coefficient (Wildman–Crippen LogP) is -2.97. The number of likely N-dealkylation sites (N-methyl/N-ethyl adjacent to an activating group) is 1. The van der Waals surface area contributed by atoms with Gasteiger partial charge in [-0.15, -0.1) is 0 Å². The normalized spacial score (nSPS) is 20.1. The van der Waals surface area contributed by atoms with Crippen LogP contribution >= 0.6 is 0 Å². The highest BCUT2D eigenvalue weighted by atomic mass is 16.4. The third-order valence-electron chi connectivity index (χ3n) is 1.93. The molecule has 0 aromatic carbocycles. The molecule has 0 rings (SSSR count). The minimum Gasteiger partial charge on any atom is -0.394 e. The SMILES string of the molecule is CCNC[C@H](O)[C@@H](O)[C@@H](O)[C@H](O)CO. The molecule has 0 bridgehead atoms. The average Bonchev–Trinajstić information content (AvgIpc) is 2.22. The van der Waals surface area contributed by atoms with Crippen molar-refractivity contribution in [3.8, 4) is 0 Å². The van der Waals surface area contributed by atoms with Crippen LogP contribution in [0.15, 0.2) is 0 Å². The Morgan fingerprint density at radius 2 is 1.50 bits per heavy atom.